The van der Waals surface area contributed by atoms with Crippen LogP contribution in [0.1, 0.15) is 61.0 Å². The van der Waals surface area contributed by atoms with Crippen molar-refractivity contribution >= 4 is 17.5 Å². The number of rotatable bonds is 5. The van der Waals surface area contributed by atoms with E-state index >= 15 is 0 Å². The van der Waals surface area contributed by atoms with E-state index < -0.39 is 0 Å². The van der Waals surface area contributed by atoms with Crippen molar-refractivity contribution in [3.63, 3.8) is 0 Å². The number of imidazole rings is 1. The second-order valence-electron chi connectivity index (χ2n) is 8.99. The van der Waals surface area contributed by atoms with Crippen molar-refractivity contribution in [1.29, 1.82) is 0 Å². The molecule has 3 aliphatic carbocycles. The first-order valence-corrected chi connectivity index (χ1v) is 10.3. The number of nitrogens with one attached hydrogen (secondary N) is 1. The molecule has 2 amide bonds. The Morgan fingerprint density at radius 2 is 2.11 bits per heavy atom. The fourth-order valence-electron chi connectivity index (χ4n) is 5.16. The molecule has 3 atom stereocenters. The van der Waals surface area contributed by atoms with Crippen LogP contribution in [0.5, 0.6) is 0 Å². The molecule has 2 bridgehead atoms. The molecule has 6 nitrogen and oxygen atoms in total. The van der Waals surface area contributed by atoms with E-state index in [0.29, 0.717) is 40.8 Å². The summed E-state index contributed by atoms with van der Waals surface area (Å²) >= 11 is 0. The fourth-order valence-corrected chi connectivity index (χ4v) is 5.16. The molecule has 5 rings (SSSR count). The lowest BCUT2D eigenvalue weighted by Crippen LogP contribution is -2.54. The topological polar surface area (TPSA) is 66.7 Å². The van der Waals surface area contributed by atoms with Crippen LogP contribution in [-0.2, 0) is 0 Å². The van der Waals surface area contributed by atoms with Crippen LogP contribution in [0, 0.1) is 23.2 Å². The van der Waals surface area contributed by atoms with Crippen molar-refractivity contribution < 1.29 is 9.59 Å². The molecule has 2 aromatic rings. The third kappa shape index (κ3) is 2.99. The summed E-state index contributed by atoms with van der Waals surface area (Å²) in [5.41, 5.74) is 1.91. The summed E-state index contributed by atoms with van der Waals surface area (Å²) in [4.78, 5) is 31.3. The predicted octanol–water partition coefficient (Wildman–Crippen LogP) is 3.23. The molecule has 0 aliphatic heterocycles. The van der Waals surface area contributed by atoms with E-state index in [0.717, 1.165) is 12.5 Å². The largest absolute Gasteiger partial charge is 0.350 e. The Labute approximate surface area is 166 Å². The van der Waals surface area contributed by atoms with Gasteiger partial charge in [0.05, 0.1) is 0 Å². The lowest BCUT2D eigenvalue weighted by Gasteiger charge is -2.60. The Bertz CT molecular complexity index is 914. The molecule has 0 radical (unpaired) electrons. The van der Waals surface area contributed by atoms with Gasteiger partial charge < -0.3 is 10.2 Å². The van der Waals surface area contributed by atoms with Crippen LogP contribution < -0.4 is 5.32 Å². The van der Waals surface area contributed by atoms with Gasteiger partial charge in [-0.05, 0) is 61.5 Å². The number of pyridine rings is 1. The minimum atomic E-state index is -0.137. The molecule has 1 N–H and O–H groups in total. The van der Waals surface area contributed by atoms with Crippen molar-refractivity contribution in [3.8, 4) is 0 Å². The molecule has 0 saturated heterocycles. The van der Waals surface area contributed by atoms with Crippen molar-refractivity contribution in [1.82, 2.24) is 19.6 Å². The van der Waals surface area contributed by atoms with Gasteiger partial charge in [-0.15, -0.1) is 0 Å². The molecule has 3 aliphatic rings. The summed E-state index contributed by atoms with van der Waals surface area (Å²) in [5, 5.41) is 3.14. The van der Waals surface area contributed by atoms with Crippen LogP contribution in [0.4, 0.5) is 0 Å². The minimum absolute atomic E-state index is 0.106. The number of hydrogen-bond acceptors (Lipinski definition) is 3. The molecule has 150 valence electrons. The van der Waals surface area contributed by atoms with E-state index in [1.165, 1.54) is 19.3 Å². The normalized spacial score (nSPS) is 25.2. The van der Waals surface area contributed by atoms with Gasteiger partial charge in [-0.1, -0.05) is 19.9 Å². The molecule has 0 unspecified atom stereocenters. The zero-order valence-corrected chi connectivity index (χ0v) is 17.2. The van der Waals surface area contributed by atoms with Gasteiger partial charge >= 0.3 is 0 Å². The van der Waals surface area contributed by atoms with Crippen molar-refractivity contribution in [3.05, 3.63) is 35.8 Å². The quantitative estimate of drug-likeness (QED) is 0.863. The van der Waals surface area contributed by atoms with Crippen LogP contribution in [-0.4, -0.2) is 46.2 Å². The Kier molecular flexibility index (Phi) is 4.68. The highest BCUT2D eigenvalue weighted by atomic mass is 16.2. The van der Waals surface area contributed by atoms with Gasteiger partial charge in [0.15, 0.2) is 0 Å². The number of fused-ring (bicyclic) bond motifs is 3. The smallest absolute Gasteiger partial charge is 0.273 e. The highest BCUT2D eigenvalue weighted by molar-refractivity contribution is 5.95. The average Bonchev–Trinajstić information content (AvgIpc) is 3.15. The van der Waals surface area contributed by atoms with E-state index in [1.807, 2.05) is 19.1 Å². The summed E-state index contributed by atoms with van der Waals surface area (Å²) < 4.78 is 1.72. The molecular weight excluding hydrogens is 352 g/mol. The molecule has 0 spiro atoms. The summed E-state index contributed by atoms with van der Waals surface area (Å²) in [6, 6.07) is 5.42. The highest BCUT2D eigenvalue weighted by Gasteiger charge is 2.53. The van der Waals surface area contributed by atoms with Gasteiger partial charge in [0.2, 0.25) is 0 Å². The van der Waals surface area contributed by atoms with Gasteiger partial charge in [0, 0.05) is 26.3 Å². The molecule has 2 heterocycles. The van der Waals surface area contributed by atoms with Gasteiger partial charge in [-0.3, -0.25) is 14.0 Å². The Morgan fingerprint density at radius 1 is 1.32 bits per heavy atom. The van der Waals surface area contributed by atoms with Gasteiger partial charge in [0.1, 0.15) is 17.0 Å². The van der Waals surface area contributed by atoms with Crippen molar-refractivity contribution in [2.24, 2.45) is 23.2 Å². The first-order valence-electron chi connectivity index (χ1n) is 10.3. The molecule has 28 heavy (non-hydrogen) atoms. The SMILES string of the molecule is CCN(C)C(=O)c1cn2c(C(=O)NC[C@@H]3CC[C@H]4C[C@@H]3C4(C)C)cccc2n1. The van der Waals surface area contributed by atoms with E-state index in [-0.39, 0.29) is 11.8 Å². The minimum Gasteiger partial charge on any atom is -0.350 e. The zero-order chi connectivity index (χ0) is 20.1. The predicted molar refractivity (Wildman–Crippen MR) is 108 cm³/mol. The van der Waals surface area contributed by atoms with Crippen LogP contribution >= 0.6 is 0 Å². The van der Waals surface area contributed by atoms with Crippen LogP contribution in [0.2, 0.25) is 0 Å². The van der Waals surface area contributed by atoms with E-state index in [2.05, 4.69) is 24.1 Å². The van der Waals surface area contributed by atoms with Crippen LogP contribution in [0.3, 0.4) is 0 Å². The average molecular weight is 383 g/mol. The summed E-state index contributed by atoms with van der Waals surface area (Å²) in [6.45, 7) is 7.99. The molecule has 2 aromatic heterocycles. The van der Waals surface area contributed by atoms with Crippen LogP contribution in [0.25, 0.3) is 5.65 Å². The maximum absolute atomic E-state index is 12.9. The summed E-state index contributed by atoms with van der Waals surface area (Å²) in [5.74, 6) is 1.89. The fraction of sp³-hybridized carbons (Fsp3) is 0.591. The van der Waals surface area contributed by atoms with Gasteiger partial charge in [-0.2, -0.15) is 0 Å². The summed E-state index contributed by atoms with van der Waals surface area (Å²) in [7, 11) is 1.75. The summed E-state index contributed by atoms with van der Waals surface area (Å²) in [6.07, 6.45) is 5.45. The first-order chi connectivity index (χ1) is 13.3. The maximum atomic E-state index is 12.9. The lowest BCUT2D eigenvalue weighted by atomic mass is 9.45. The van der Waals surface area contributed by atoms with Gasteiger partial charge in [-0.25, -0.2) is 4.98 Å². The Hall–Kier alpha value is -2.37. The van der Waals surface area contributed by atoms with E-state index in [9.17, 15) is 9.59 Å². The lowest BCUT2D eigenvalue weighted by molar-refractivity contribution is -0.103. The number of carbonyl (C=O) groups excluding carboxylic acids is 2. The number of carbonyl (C=O) groups is 2. The Balaban J connectivity index is 1.50. The Morgan fingerprint density at radius 3 is 2.79 bits per heavy atom. The zero-order valence-electron chi connectivity index (χ0n) is 17.2. The first kappa shape index (κ1) is 19.0. The second kappa shape index (κ2) is 6.90. The highest BCUT2D eigenvalue weighted by Crippen LogP contribution is 2.61. The molecular formula is C22H30N4O2. The standard InChI is InChI=1S/C22H30N4O2/c1-5-25(4)21(28)17-13-26-18(7-6-8-19(26)24-17)20(27)23-12-14-9-10-15-11-16(14)22(15,2)3/h6-8,13-16H,5,9-12H2,1-4H3,(H,23,27)/t14-,15-,16-/m0/s1. The van der Waals surface area contributed by atoms with Crippen molar-refractivity contribution in [2.75, 3.05) is 20.1 Å². The maximum Gasteiger partial charge on any atom is 0.273 e. The van der Waals surface area contributed by atoms with E-state index in [1.54, 1.807) is 28.6 Å². The molecule has 0 aromatic carbocycles. The third-order valence-corrected chi connectivity index (χ3v) is 7.29. The van der Waals surface area contributed by atoms with Gasteiger partial charge in [0.25, 0.3) is 11.8 Å². The number of amides is 2. The van der Waals surface area contributed by atoms with E-state index in [4.69, 9.17) is 0 Å². The number of nitrogens with zero attached hydrogens (tertiary/aromatic N) is 3. The number of hydrogen-bond donors (Lipinski definition) is 1. The second-order valence-corrected chi connectivity index (χ2v) is 8.99. The van der Waals surface area contributed by atoms with Crippen molar-refractivity contribution in [2.45, 2.75) is 40.0 Å². The number of aromatic nitrogens is 2. The van der Waals surface area contributed by atoms with Crippen LogP contribution in [0.15, 0.2) is 24.4 Å². The molecule has 3 fully saturated rings. The third-order valence-electron chi connectivity index (χ3n) is 7.29. The molecule has 6 heteroatoms. The molecule has 3 saturated carbocycles. The monoisotopic (exact) mass is 382 g/mol.